The Hall–Kier alpha value is -8.04. The summed E-state index contributed by atoms with van der Waals surface area (Å²) in [6, 6.07) is 2.55. The van der Waals surface area contributed by atoms with E-state index in [0.717, 1.165) is 36.8 Å². The van der Waals surface area contributed by atoms with E-state index in [-0.39, 0.29) is 112 Å². The first kappa shape index (κ1) is 78.1. The Balaban J connectivity index is 0.000000143. The van der Waals surface area contributed by atoms with Crippen molar-refractivity contribution in [2.45, 2.75) is 203 Å². The number of alkyl halides is 24. The van der Waals surface area contributed by atoms with Gasteiger partial charge in [-0.25, -0.2) is 56.2 Å². The Bertz CT molecular complexity index is 3880. The topological polar surface area (TPSA) is 268 Å². The Labute approximate surface area is 592 Å². The molecule has 0 amide bonds. The lowest BCUT2D eigenvalue weighted by molar-refractivity contribution is -0.275. The zero-order valence-electron chi connectivity index (χ0n) is 55.5. The Morgan fingerprint density at radius 1 is 0.343 bits per heavy atom. The van der Waals surface area contributed by atoms with Gasteiger partial charge in [-0.15, -0.1) is 39.5 Å². The van der Waals surface area contributed by atoms with Crippen molar-refractivity contribution in [1.82, 2.24) is 58.3 Å². The minimum absolute atomic E-state index is 0.0996. The second-order valence-electron chi connectivity index (χ2n) is 29.3. The molecular formula is C63H63F24N15O6. The van der Waals surface area contributed by atoms with Crippen molar-refractivity contribution >= 4 is 17.5 Å². The van der Waals surface area contributed by atoms with Gasteiger partial charge in [0.05, 0.1) is 33.7 Å². The van der Waals surface area contributed by atoms with Gasteiger partial charge >= 0.3 is 37.6 Å². The Morgan fingerprint density at radius 3 is 0.731 bits per heavy atom. The molecule has 6 bridgehead atoms. The Kier molecular flexibility index (Phi) is 18.4. The van der Waals surface area contributed by atoms with Crippen molar-refractivity contribution in [3.8, 4) is 51.0 Å². The number of hydrogen-bond donors (Lipinski definition) is 6. The molecule has 3 saturated heterocycles. The first-order valence-corrected chi connectivity index (χ1v) is 33.1. The number of anilines is 3. The monoisotopic (exact) mass is 1580 g/mol. The van der Waals surface area contributed by atoms with Crippen LogP contribution in [0.1, 0.15) is 132 Å². The molecule has 3 aliphatic heterocycles. The first-order valence-electron chi connectivity index (χ1n) is 33.1. The van der Waals surface area contributed by atoms with Gasteiger partial charge in [-0.05, 0) is 76.0 Å². The van der Waals surface area contributed by atoms with E-state index in [0.29, 0.717) is 57.8 Å². The standard InChI is InChI=1S/3C21H21F8N5O2/c3*22-19(23)1-3-33(4-2-19)17-8-18(9-17,10-17)34-7-12(32-16(34)14(35)20(24,25)26)11-5-13(15(30)31-6-11)36-21(27,28)29/h3*5-7,14,35H,1-4,8-10H2,(H2,30,31)/t2*14-,17?,18?;/m10./s1. The third-order valence-electron chi connectivity index (χ3n) is 22.0. The lowest BCUT2D eigenvalue weighted by Crippen LogP contribution is -2.79. The maximum atomic E-state index is 13.5. The van der Waals surface area contributed by atoms with Gasteiger partial charge in [0, 0.05) is 148 Å². The molecular weight excluding hydrogens is 1520 g/mol. The van der Waals surface area contributed by atoms with Crippen LogP contribution in [0.15, 0.2) is 55.4 Å². The molecule has 45 heteroatoms. The number of pyridine rings is 3. The largest absolute Gasteiger partial charge is 0.573 e. The normalized spacial score (nSPS) is 28.8. The number of imidazole rings is 3. The maximum absolute atomic E-state index is 13.5. The van der Waals surface area contributed by atoms with E-state index >= 15 is 0 Å². The van der Waals surface area contributed by atoms with Gasteiger partial charge in [-0.3, -0.25) is 14.7 Å². The van der Waals surface area contributed by atoms with Crippen molar-refractivity contribution < 1.29 is 135 Å². The van der Waals surface area contributed by atoms with Gasteiger partial charge in [-0.1, -0.05) is 0 Å². The smallest absolute Gasteiger partial charge is 0.402 e. The lowest BCUT2D eigenvalue weighted by atomic mass is 9.43. The van der Waals surface area contributed by atoms with E-state index < -0.39 is 159 Å². The number of halogens is 24. The number of ether oxygens (including phenoxy) is 3. The second-order valence-corrected chi connectivity index (χ2v) is 29.3. The summed E-state index contributed by atoms with van der Waals surface area (Å²) in [6.07, 6.45) is -30.8. The number of hydrogen-bond acceptors (Lipinski definition) is 18. The fourth-order valence-electron chi connectivity index (χ4n) is 16.9. The van der Waals surface area contributed by atoms with Crippen LogP contribution in [0.4, 0.5) is 123 Å². The molecule has 0 aromatic carbocycles. The number of aliphatic hydroxyl groups is 3. The van der Waals surface area contributed by atoms with Crippen LogP contribution in [-0.4, -0.2) is 185 Å². The lowest BCUT2D eigenvalue weighted by Gasteiger charge is -2.75. The van der Waals surface area contributed by atoms with Crippen LogP contribution >= 0.6 is 0 Å². The number of nitrogen functional groups attached to an aromatic ring is 3. The van der Waals surface area contributed by atoms with Crippen LogP contribution in [0, 0.1) is 0 Å². The van der Waals surface area contributed by atoms with Crippen molar-refractivity contribution in [2.24, 2.45) is 0 Å². The number of rotatable bonds is 15. The van der Waals surface area contributed by atoms with Crippen LogP contribution in [0.2, 0.25) is 0 Å². The van der Waals surface area contributed by atoms with Crippen LogP contribution in [0.25, 0.3) is 33.8 Å². The van der Waals surface area contributed by atoms with E-state index in [1.165, 1.54) is 32.3 Å². The van der Waals surface area contributed by atoms with Gasteiger partial charge < -0.3 is 60.4 Å². The highest BCUT2D eigenvalue weighted by Crippen LogP contribution is 2.72. The molecule has 6 aromatic heterocycles. The van der Waals surface area contributed by atoms with E-state index in [4.69, 9.17) is 17.2 Å². The van der Waals surface area contributed by atoms with Crippen LogP contribution in [0.5, 0.6) is 17.2 Å². The highest BCUT2D eigenvalue weighted by molar-refractivity contribution is 5.66. The molecule has 9 aliphatic carbocycles. The molecule has 9 N–H and O–H groups in total. The van der Waals surface area contributed by atoms with E-state index in [2.05, 4.69) is 44.1 Å². The number of piperidine rings is 3. The molecule has 108 heavy (non-hydrogen) atoms. The third-order valence-corrected chi connectivity index (χ3v) is 22.0. The van der Waals surface area contributed by atoms with Crippen LogP contribution < -0.4 is 31.4 Å². The van der Waals surface area contributed by atoms with Crippen LogP contribution in [-0.2, 0) is 16.6 Å². The summed E-state index contributed by atoms with van der Waals surface area (Å²) < 4.78 is 331. The summed E-state index contributed by atoms with van der Waals surface area (Å²) >= 11 is 0. The summed E-state index contributed by atoms with van der Waals surface area (Å²) in [5.41, 5.74) is 11.8. The number of likely N-dealkylation sites (tertiary alicyclic amines) is 3. The highest BCUT2D eigenvalue weighted by atomic mass is 19.4. The zero-order valence-corrected chi connectivity index (χ0v) is 55.5. The average Bonchev–Trinajstić information content (AvgIpc) is 1.06. The van der Waals surface area contributed by atoms with Gasteiger partial charge in [0.2, 0.25) is 18.3 Å². The number of nitrogens with two attached hydrogens (primary N) is 3. The second kappa shape index (κ2) is 25.5. The van der Waals surface area contributed by atoms with Crippen molar-refractivity contribution in [3.05, 3.63) is 72.9 Å². The van der Waals surface area contributed by atoms with Gasteiger partial charge in [-0.2, -0.15) is 39.5 Å². The molecule has 594 valence electrons. The van der Waals surface area contributed by atoms with Crippen molar-refractivity contribution in [1.29, 1.82) is 0 Å². The molecule has 9 saturated carbocycles. The minimum atomic E-state index is -5.08. The van der Waals surface area contributed by atoms with Gasteiger partial charge in [0.1, 0.15) is 17.5 Å². The Morgan fingerprint density at radius 2 is 0.546 bits per heavy atom. The molecule has 18 rings (SSSR count). The van der Waals surface area contributed by atoms with E-state index in [1.54, 1.807) is 0 Å². The molecule has 12 aliphatic rings. The van der Waals surface area contributed by atoms with Crippen molar-refractivity contribution in [3.63, 3.8) is 0 Å². The summed E-state index contributed by atoms with van der Waals surface area (Å²) in [4.78, 5) is 28.4. The molecule has 0 spiro atoms. The summed E-state index contributed by atoms with van der Waals surface area (Å²) in [5, 5.41) is 30.0. The zero-order chi connectivity index (χ0) is 78.9. The van der Waals surface area contributed by atoms with Crippen molar-refractivity contribution in [2.75, 3.05) is 56.5 Å². The average molecular weight is 1580 g/mol. The summed E-state index contributed by atoms with van der Waals surface area (Å²) in [5.74, 6) is -14.6. The SMILES string of the molecule is Nc1ncc(-c2cn(C34CC(N5CCC(F)(F)CC5)(C3)C4)c(C(O)C(F)(F)F)n2)cc1OC(F)(F)F.Nc1ncc(-c2cn(C34CC(N5CCC(F)(F)CC5)(C3)C4)c([C@@H](O)C(F)(F)F)n2)cc1OC(F)(F)F.Nc1ncc(-c2cn(C34CC(N5CCC(F)(F)CC5)(C3)C4)c([C@H](O)C(F)(F)F)n2)cc1OC(F)(F)F. The molecule has 21 nitrogen and oxygen atoms in total. The minimum Gasteiger partial charge on any atom is -0.402 e. The number of aliphatic hydroxyl groups excluding tert-OH is 3. The first-order chi connectivity index (χ1) is 49.6. The predicted molar refractivity (Wildman–Crippen MR) is 324 cm³/mol. The summed E-state index contributed by atoms with van der Waals surface area (Å²) in [7, 11) is 0. The predicted octanol–water partition coefficient (Wildman–Crippen LogP) is 13.2. The fourth-order valence-corrected chi connectivity index (χ4v) is 16.9. The highest BCUT2D eigenvalue weighted by Gasteiger charge is 2.75. The molecule has 6 aromatic rings. The van der Waals surface area contributed by atoms with Crippen LogP contribution in [0.3, 0.4) is 0 Å². The van der Waals surface area contributed by atoms with E-state index in [1.807, 2.05) is 14.7 Å². The number of aromatic nitrogens is 9. The molecule has 12 fully saturated rings. The molecule has 0 radical (unpaired) electrons. The maximum Gasteiger partial charge on any atom is 0.573 e. The quantitative estimate of drug-likeness (QED) is 0.0522. The third kappa shape index (κ3) is 14.7. The van der Waals surface area contributed by atoms with Gasteiger partial charge in [0.15, 0.2) is 34.7 Å². The van der Waals surface area contributed by atoms with Gasteiger partial charge in [0.25, 0.3) is 17.8 Å². The molecule has 9 heterocycles. The fraction of sp³-hybridized carbons (Fsp3) is 0.619. The summed E-state index contributed by atoms with van der Waals surface area (Å²) in [6.45, 7) is 1.06. The number of nitrogens with zero attached hydrogens (tertiary/aromatic N) is 12. The molecule has 3 atom stereocenters. The molecule has 1 unspecified atom stereocenters. The van der Waals surface area contributed by atoms with E-state index in [9.17, 15) is 121 Å².